The van der Waals surface area contributed by atoms with E-state index >= 15 is 0 Å². The molecule has 2 unspecified atom stereocenters. The zero-order valence-corrected chi connectivity index (χ0v) is 10.2. The van der Waals surface area contributed by atoms with Crippen LogP contribution in [0.2, 0.25) is 0 Å². The lowest BCUT2D eigenvalue weighted by atomic mass is 10.0. The molecule has 0 aliphatic heterocycles. The van der Waals surface area contributed by atoms with Crippen LogP contribution in [0.5, 0.6) is 5.75 Å². The topological polar surface area (TPSA) is 87.0 Å². The fourth-order valence-electron chi connectivity index (χ4n) is 1.41. The van der Waals surface area contributed by atoms with E-state index in [2.05, 4.69) is 6.92 Å². The third kappa shape index (κ3) is 4.01. The Bertz CT molecular complexity index is 373. The highest BCUT2D eigenvalue weighted by molar-refractivity contribution is 5.73. The zero-order valence-electron chi connectivity index (χ0n) is 10.2. The Kier molecular flexibility index (Phi) is 5.61. The van der Waals surface area contributed by atoms with Gasteiger partial charge in [-0.1, -0.05) is 25.5 Å². The van der Waals surface area contributed by atoms with Gasteiger partial charge in [0.15, 0.2) is 6.10 Å². The number of hydrogen-bond acceptors (Lipinski definition) is 4. The van der Waals surface area contributed by atoms with Gasteiger partial charge in [-0.25, -0.2) is 4.79 Å². The first kappa shape index (κ1) is 14.5. The molecule has 0 bridgehead atoms. The summed E-state index contributed by atoms with van der Waals surface area (Å²) >= 11 is 0. The smallest absolute Gasteiger partial charge is 0.335 e. The van der Waals surface area contributed by atoms with Crippen LogP contribution >= 0.6 is 0 Å². The lowest BCUT2D eigenvalue weighted by molar-refractivity contribution is -0.153. The van der Waals surface area contributed by atoms with Crippen LogP contribution in [0.3, 0.4) is 0 Å². The largest absolute Gasteiger partial charge is 0.494 e. The quantitative estimate of drug-likeness (QED) is 0.639. The van der Waals surface area contributed by atoms with Crippen molar-refractivity contribution in [1.82, 2.24) is 0 Å². The molecule has 0 fully saturated rings. The number of unbranched alkanes of at least 4 members (excludes halogenated alkanes) is 1. The number of aliphatic carboxylic acids is 1. The maximum atomic E-state index is 10.5. The van der Waals surface area contributed by atoms with Crippen LogP contribution in [0.4, 0.5) is 0 Å². The molecule has 1 aromatic carbocycles. The number of rotatable bonds is 7. The summed E-state index contributed by atoms with van der Waals surface area (Å²) in [4.78, 5) is 10.5. The van der Waals surface area contributed by atoms with Crippen molar-refractivity contribution in [2.75, 3.05) is 6.61 Å². The monoisotopic (exact) mass is 254 g/mol. The van der Waals surface area contributed by atoms with Crippen molar-refractivity contribution in [3.05, 3.63) is 29.8 Å². The summed E-state index contributed by atoms with van der Waals surface area (Å²) in [6.45, 7) is 2.69. The Morgan fingerprint density at radius 1 is 1.28 bits per heavy atom. The minimum Gasteiger partial charge on any atom is -0.494 e. The maximum absolute atomic E-state index is 10.5. The minimum atomic E-state index is -1.82. The van der Waals surface area contributed by atoms with Crippen molar-refractivity contribution < 1.29 is 24.9 Å². The normalized spacial score (nSPS) is 13.9. The van der Waals surface area contributed by atoms with Gasteiger partial charge in [0, 0.05) is 0 Å². The van der Waals surface area contributed by atoms with Crippen LogP contribution in [0.15, 0.2) is 24.3 Å². The molecule has 0 aromatic heterocycles. The number of carboxylic acid groups (broad SMARTS) is 1. The van der Waals surface area contributed by atoms with Gasteiger partial charge in [-0.05, 0) is 24.1 Å². The van der Waals surface area contributed by atoms with Gasteiger partial charge in [-0.3, -0.25) is 0 Å². The number of aliphatic hydroxyl groups is 2. The maximum Gasteiger partial charge on any atom is 0.335 e. The third-order valence-corrected chi connectivity index (χ3v) is 2.54. The van der Waals surface area contributed by atoms with Crippen LogP contribution in [0.25, 0.3) is 0 Å². The lowest BCUT2D eigenvalue weighted by Gasteiger charge is -2.14. The molecule has 0 amide bonds. The van der Waals surface area contributed by atoms with E-state index in [1.165, 1.54) is 12.1 Å². The molecule has 5 nitrogen and oxygen atoms in total. The van der Waals surface area contributed by atoms with Crippen LogP contribution < -0.4 is 4.74 Å². The number of carboxylic acids is 1. The number of benzene rings is 1. The van der Waals surface area contributed by atoms with Gasteiger partial charge < -0.3 is 20.1 Å². The van der Waals surface area contributed by atoms with E-state index in [1.54, 1.807) is 12.1 Å². The van der Waals surface area contributed by atoms with Crippen molar-refractivity contribution in [2.24, 2.45) is 0 Å². The second kappa shape index (κ2) is 6.98. The Hall–Kier alpha value is -1.59. The first-order valence-corrected chi connectivity index (χ1v) is 5.88. The van der Waals surface area contributed by atoms with Crippen molar-refractivity contribution in [3.8, 4) is 5.75 Å². The van der Waals surface area contributed by atoms with Crippen molar-refractivity contribution in [1.29, 1.82) is 0 Å². The molecule has 0 saturated carbocycles. The summed E-state index contributed by atoms with van der Waals surface area (Å²) in [7, 11) is 0. The summed E-state index contributed by atoms with van der Waals surface area (Å²) in [5.74, 6) is -0.796. The molecule has 18 heavy (non-hydrogen) atoms. The molecule has 2 atom stereocenters. The van der Waals surface area contributed by atoms with E-state index in [0.29, 0.717) is 17.9 Å². The summed E-state index contributed by atoms with van der Waals surface area (Å²) in [6.07, 6.45) is -1.26. The van der Waals surface area contributed by atoms with Crippen LogP contribution in [0.1, 0.15) is 31.4 Å². The summed E-state index contributed by atoms with van der Waals surface area (Å²) in [5.41, 5.74) is 0.341. The van der Waals surface area contributed by atoms with Gasteiger partial charge >= 0.3 is 5.97 Å². The predicted octanol–water partition coefficient (Wildman–Crippen LogP) is 1.34. The molecule has 0 heterocycles. The Balaban J connectivity index is 2.61. The van der Waals surface area contributed by atoms with E-state index in [4.69, 9.17) is 9.84 Å². The number of carbonyl (C=O) groups is 1. The third-order valence-electron chi connectivity index (χ3n) is 2.54. The second-order valence-corrected chi connectivity index (χ2v) is 4.00. The van der Waals surface area contributed by atoms with Gasteiger partial charge in [-0.2, -0.15) is 0 Å². The van der Waals surface area contributed by atoms with E-state index < -0.39 is 18.2 Å². The van der Waals surface area contributed by atoms with Gasteiger partial charge in [0.25, 0.3) is 0 Å². The van der Waals surface area contributed by atoms with Gasteiger partial charge in [0.1, 0.15) is 11.9 Å². The van der Waals surface area contributed by atoms with Crippen molar-refractivity contribution in [3.63, 3.8) is 0 Å². The molecule has 100 valence electrons. The van der Waals surface area contributed by atoms with E-state index in [-0.39, 0.29) is 0 Å². The number of ether oxygens (including phenoxy) is 1. The first-order valence-electron chi connectivity index (χ1n) is 5.88. The lowest BCUT2D eigenvalue weighted by Crippen LogP contribution is -2.27. The van der Waals surface area contributed by atoms with E-state index in [1.807, 2.05) is 0 Å². The molecule has 0 spiro atoms. The van der Waals surface area contributed by atoms with Gasteiger partial charge in [-0.15, -0.1) is 0 Å². The van der Waals surface area contributed by atoms with Crippen LogP contribution in [-0.4, -0.2) is 34.0 Å². The highest BCUT2D eigenvalue weighted by Crippen LogP contribution is 2.20. The SMILES string of the molecule is CCCCOc1ccc(C(O)C(O)C(=O)O)cc1. The average molecular weight is 254 g/mol. The van der Waals surface area contributed by atoms with E-state index in [9.17, 15) is 15.0 Å². The fourth-order valence-corrected chi connectivity index (χ4v) is 1.41. The van der Waals surface area contributed by atoms with Crippen LogP contribution in [0, 0.1) is 0 Å². The summed E-state index contributed by atoms with van der Waals surface area (Å²) < 4.78 is 5.43. The van der Waals surface area contributed by atoms with Crippen molar-refractivity contribution in [2.45, 2.75) is 32.0 Å². The average Bonchev–Trinajstić information content (AvgIpc) is 2.38. The van der Waals surface area contributed by atoms with E-state index in [0.717, 1.165) is 12.8 Å². The predicted molar refractivity (Wildman–Crippen MR) is 65.4 cm³/mol. The zero-order chi connectivity index (χ0) is 13.5. The molecule has 1 aromatic rings. The van der Waals surface area contributed by atoms with Crippen molar-refractivity contribution >= 4 is 5.97 Å². The number of aliphatic hydroxyl groups excluding tert-OH is 2. The standard InChI is InChI=1S/C13H18O5/c1-2-3-8-18-10-6-4-9(5-7-10)11(14)12(15)13(16)17/h4-7,11-12,14-15H,2-3,8H2,1H3,(H,16,17). The van der Waals surface area contributed by atoms with Gasteiger partial charge in [0.2, 0.25) is 0 Å². The molecule has 0 saturated heterocycles. The van der Waals surface area contributed by atoms with Crippen LogP contribution in [-0.2, 0) is 4.79 Å². The fraction of sp³-hybridized carbons (Fsp3) is 0.462. The van der Waals surface area contributed by atoms with Gasteiger partial charge in [0.05, 0.1) is 6.61 Å². The Labute approximate surface area is 106 Å². The molecule has 1 rings (SSSR count). The first-order chi connectivity index (χ1) is 8.56. The highest BCUT2D eigenvalue weighted by atomic mass is 16.5. The number of hydrogen-bond donors (Lipinski definition) is 3. The Morgan fingerprint density at radius 3 is 2.39 bits per heavy atom. The summed E-state index contributed by atoms with van der Waals surface area (Å²) in [6, 6.07) is 6.36. The minimum absolute atomic E-state index is 0.341. The molecule has 0 aliphatic carbocycles. The molecule has 5 heteroatoms. The molecular weight excluding hydrogens is 236 g/mol. The second-order valence-electron chi connectivity index (χ2n) is 4.00. The molecule has 0 radical (unpaired) electrons. The highest BCUT2D eigenvalue weighted by Gasteiger charge is 2.24. The molecular formula is C13H18O5. The molecule has 3 N–H and O–H groups in total. The Morgan fingerprint density at radius 2 is 1.89 bits per heavy atom. The summed E-state index contributed by atoms with van der Waals surface area (Å²) in [5, 5.41) is 27.4. The molecule has 0 aliphatic rings.